The smallest absolute Gasteiger partial charge is 0.287 e. The van der Waals surface area contributed by atoms with Crippen molar-refractivity contribution in [1.29, 1.82) is 0 Å². The number of benzene rings is 1. The van der Waals surface area contributed by atoms with Gasteiger partial charge in [-0.1, -0.05) is 11.2 Å². The second-order valence-corrected chi connectivity index (χ2v) is 3.44. The minimum Gasteiger partial charge on any atom is -0.492 e. The van der Waals surface area contributed by atoms with Crippen LogP contribution < -0.4 is 4.74 Å². The Labute approximate surface area is 98.9 Å². The summed E-state index contributed by atoms with van der Waals surface area (Å²) < 4.78 is 5.49. The third-order valence-electron chi connectivity index (χ3n) is 1.65. The first-order valence-corrected chi connectivity index (χ1v) is 5.02. The van der Waals surface area contributed by atoms with Gasteiger partial charge in [0, 0.05) is 11.0 Å². The van der Waals surface area contributed by atoms with E-state index in [1.165, 1.54) is 12.1 Å². The number of nitrogens with zero attached hydrogens (tertiary/aromatic N) is 4. The normalized spacial score (nSPS) is 9.31. The summed E-state index contributed by atoms with van der Waals surface area (Å²) in [4.78, 5) is 12.7. The summed E-state index contributed by atoms with van der Waals surface area (Å²) in [5.41, 5.74) is 7.97. The van der Waals surface area contributed by atoms with Gasteiger partial charge in [0.2, 0.25) is 0 Å². The van der Waals surface area contributed by atoms with Gasteiger partial charge in [-0.25, -0.2) is 0 Å². The van der Waals surface area contributed by atoms with E-state index >= 15 is 0 Å². The van der Waals surface area contributed by atoms with E-state index in [0.717, 1.165) is 0 Å². The number of azide groups is 1. The van der Waals surface area contributed by atoms with E-state index in [0.29, 0.717) is 5.75 Å². The Balaban J connectivity index is 2.77. The van der Waals surface area contributed by atoms with Crippen molar-refractivity contribution in [3.63, 3.8) is 0 Å². The Kier molecular flexibility index (Phi) is 4.56. The van der Waals surface area contributed by atoms with Crippen LogP contribution in [-0.2, 0) is 0 Å². The lowest BCUT2D eigenvalue weighted by Gasteiger charge is -2.06. The Hall–Kier alpha value is -1.79. The molecule has 1 rings (SSSR count). The molecule has 7 nitrogen and oxygen atoms in total. The molecule has 1 aromatic rings. The number of nitro groups is 1. The topological polar surface area (TPSA) is 101 Å². The third kappa shape index (κ3) is 3.11. The Morgan fingerprint density at radius 2 is 2.38 bits per heavy atom. The molecule has 8 heteroatoms. The Bertz CT molecular complexity index is 445. The molecule has 0 heterocycles. The van der Waals surface area contributed by atoms with Gasteiger partial charge >= 0.3 is 0 Å². The van der Waals surface area contributed by atoms with Crippen molar-refractivity contribution in [2.45, 2.75) is 0 Å². The van der Waals surface area contributed by atoms with E-state index in [4.69, 9.17) is 10.3 Å². The van der Waals surface area contributed by atoms with Crippen LogP contribution in [0.2, 0.25) is 0 Å². The first-order chi connectivity index (χ1) is 7.66. The van der Waals surface area contributed by atoms with Crippen LogP contribution >= 0.6 is 15.9 Å². The molecular weight excluding hydrogens is 280 g/mol. The number of hydrogen-bond donors (Lipinski definition) is 0. The van der Waals surface area contributed by atoms with Crippen LogP contribution in [0.15, 0.2) is 27.8 Å². The van der Waals surface area contributed by atoms with Crippen molar-refractivity contribution in [1.82, 2.24) is 0 Å². The zero-order valence-corrected chi connectivity index (χ0v) is 9.62. The fraction of sp³-hybridized carbons (Fsp3) is 0.250. The van der Waals surface area contributed by atoms with Crippen LogP contribution in [0.5, 0.6) is 5.75 Å². The van der Waals surface area contributed by atoms with E-state index in [1.54, 1.807) is 6.07 Å². The van der Waals surface area contributed by atoms with Crippen molar-refractivity contribution in [2.24, 2.45) is 5.11 Å². The predicted molar refractivity (Wildman–Crippen MR) is 60.3 cm³/mol. The van der Waals surface area contributed by atoms with Crippen molar-refractivity contribution in [2.75, 3.05) is 13.2 Å². The van der Waals surface area contributed by atoms with Crippen molar-refractivity contribution >= 4 is 21.6 Å². The van der Waals surface area contributed by atoms with Gasteiger partial charge in [0.25, 0.3) is 5.69 Å². The summed E-state index contributed by atoms with van der Waals surface area (Å²) in [5.74, 6) is 0.349. The molecule has 0 unspecified atom stereocenters. The van der Waals surface area contributed by atoms with Gasteiger partial charge in [0.05, 0.1) is 18.1 Å². The number of nitro benzene ring substituents is 1. The number of halogens is 1. The van der Waals surface area contributed by atoms with Crippen molar-refractivity contribution in [3.05, 3.63) is 43.2 Å². The van der Waals surface area contributed by atoms with Crippen molar-refractivity contribution in [3.8, 4) is 5.75 Å². The summed E-state index contributed by atoms with van der Waals surface area (Å²) >= 11 is 3.08. The van der Waals surface area contributed by atoms with E-state index in [-0.39, 0.29) is 23.3 Å². The standard InChI is InChI=1S/C8H7BrN4O3/c9-8-6(13(14)15)2-1-3-7(8)16-5-4-11-12-10/h1-3H,4-5H2. The van der Waals surface area contributed by atoms with Crippen molar-refractivity contribution < 1.29 is 9.66 Å². The molecule has 0 radical (unpaired) electrons. The Morgan fingerprint density at radius 1 is 1.62 bits per heavy atom. The molecule has 0 spiro atoms. The summed E-state index contributed by atoms with van der Waals surface area (Å²) in [5, 5.41) is 13.9. The molecule has 16 heavy (non-hydrogen) atoms. The lowest BCUT2D eigenvalue weighted by molar-refractivity contribution is -0.385. The molecule has 1 aromatic carbocycles. The third-order valence-corrected chi connectivity index (χ3v) is 2.45. The first-order valence-electron chi connectivity index (χ1n) is 4.23. The van der Waals surface area contributed by atoms with Crippen LogP contribution in [0.4, 0.5) is 5.69 Å². The summed E-state index contributed by atoms with van der Waals surface area (Å²) in [7, 11) is 0. The van der Waals surface area contributed by atoms with E-state index in [1.807, 2.05) is 0 Å². The molecule has 0 aromatic heterocycles. The van der Waals surface area contributed by atoms with Gasteiger partial charge in [-0.2, -0.15) is 0 Å². The molecule has 0 aliphatic rings. The summed E-state index contributed by atoms with van der Waals surface area (Å²) in [6.45, 7) is 0.343. The molecule has 0 saturated heterocycles. The predicted octanol–water partition coefficient (Wildman–Crippen LogP) is 3.05. The van der Waals surface area contributed by atoms with E-state index in [2.05, 4.69) is 26.0 Å². The highest BCUT2D eigenvalue weighted by molar-refractivity contribution is 9.10. The highest BCUT2D eigenvalue weighted by Crippen LogP contribution is 2.33. The highest BCUT2D eigenvalue weighted by atomic mass is 79.9. The molecule has 0 atom stereocenters. The fourth-order valence-electron chi connectivity index (χ4n) is 0.993. The van der Waals surface area contributed by atoms with Crippen LogP contribution in [-0.4, -0.2) is 18.1 Å². The summed E-state index contributed by atoms with van der Waals surface area (Å²) in [6, 6.07) is 4.48. The maximum Gasteiger partial charge on any atom is 0.287 e. The van der Waals surface area contributed by atoms with Gasteiger partial charge < -0.3 is 4.74 Å². The molecule has 0 N–H and O–H groups in total. The second-order valence-electron chi connectivity index (χ2n) is 2.65. The molecule has 0 amide bonds. The van der Waals surface area contributed by atoms with Crippen LogP contribution in [0, 0.1) is 10.1 Å². The number of hydrogen-bond acceptors (Lipinski definition) is 4. The molecule has 84 valence electrons. The fourth-order valence-corrected chi connectivity index (χ4v) is 1.52. The average molecular weight is 287 g/mol. The second kappa shape index (κ2) is 5.94. The van der Waals surface area contributed by atoms with Gasteiger partial charge in [0.1, 0.15) is 10.2 Å². The van der Waals surface area contributed by atoms with Gasteiger partial charge in [-0.3, -0.25) is 10.1 Å². The van der Waals surface area contributed by atoms with Gasteiger partial charge in [-0.15, -0.1) is 0 Å². The highest BCUT2D eigenvalue weighted by Gasteiger charge is 2.15. The average Bonchev–Trinajstić information content (AvgIpc) is 2.26. The molecule has 0 saturated carbocycles. The largest absolute Gasteiger partial charge is 0.492 e. The van der Waals surface area contributed by atoms with Crippen LogP contribution in [0.25, 0.3) is 10.4 Å². The van der Waals surface area contributed by atoms with Gasteiger partial charge in [-0.05, 0) is 27.5 Å². The van der Waals surface area contributed by atoms with E-state index < -0.39 is 4.92 Å². The van der Waals surface area contributed by atoms with E-state index in [9.17, 15) is 10.1 Å². The minimum absolute atomic E-state index is 0.0683. The summed E-state index contributed by atoms with van der Waals surface area (Å²) in [6.07, 6.45) is 0. The maximum atomic E-state index is 10.6. The monoisotopic (exact) mass is 286 g/mol. The zero-order valence-electron chi connectivity index (χ0n) is 8.04. The quantitative estimate of drug-likeness (QED) is 0.208. The van der Waals surface area contributed by atoms with Crippen LogP contribution in [0.1, 0.15) is 0 Å². The molecule has 0 bridgehead atoms. The number of rotatable bonds is 5. The molecule has 0 aliphatic carbocycles. The van der Waals surface area contributed by atoms with Gasteiger partial charge in [0.15, 0.2) is 0 Å². The lowest BCUT2D eigenvalue weighted by atomic mass is 10.3. The lowest BCUT2D eigenvalue weighted by Crippen LogP contribution is -2.01. The molecule has 0 fully saturated rings. The molecular formula is C8H7BrN4O3. The minimum atomic E-state index is -0.510. The molecule has 0 aliphatic heterocycles. The Morgan fingerprint density at radius 3 is 3.00 bits per heavy atom. The van der Waals surface area contributed by atoms with Crippen LogP contribution in [0.3, 0.4) is 0 Å². The number of ether oxygens (including phenoxy) is 1. The maximum absolute atomic E-state index is 10.6. The SMILES string of the molecule is [N-]=[N+]=NCCOc1cccc([N+](=O)[O-])c1Br. The zero-order chi connectivity index (χ0) is 12.0. The first kappa shape index (κ1) is 12.3.